The molecule has 2 rings (SSSR count). The summed E-state index contributed by atoms with van der Waals surface area (Å²) in [5, 5.41) is 9.58. The summed E-state index contributed by atoms with van der Waals surface area (Å²) in [6, 6.07) is -0.189. The van der Waals surface area contributed by atoms with Crippen LogP contribution in [0.1, 0.15) is 20.3 Å². The second-order valence-electron chi connectivity index (χ2n) is 5.26. The Labute approximate surface area is 102 Å². The molecule has 7 heteroatoms. The van der Waals surface area contributed by atoms with Crippen molar-refractivity contribution in [2.75, 3.05) is 26.3 Å². The molecule has 2 N–H and O–H groups in total. The number of morpholine rings is 1. The van der Waals surface area contributed by atoms with Gasteiger partial charge in [0.1, 0.15) is 0 Å². The molecule has 2 unspecified atom stereocenters. The number of hydrogen-bond donors (Lipinski definition) is 2. The van der Waals surface area contributed by atoms with Crippen LogP contribution in [0.25, 0.3) is 0 Å². The fraction of sp³-hybridized carbons (Fsp3) is 1.00. The van der Waals surface area contributed by atoms with Crippen molar-refractivity contribution in [3.63, 3.8) is 0 Å². The van der Waals surface area contributed by atoms with Gasteiger partial charge in [-0.25, -0.2) is 0 Å². The number of aliphatic hydroxyl groups excluding tert-OH is 1. The van der Waals surface area contributed by atoms with Gasteiger partial charge >= 0.3 is 0 Å². The van der Waals surface area contributed by atoms with Crippen LogP contribution in [0.2, 0.25) is 0 Å². The molecule has 0 bridgehead atoms. The van der Waals surface area contributed by atoms with E-state index < -0.39 is 16.3 Å². The highest BCUT2D eigenvalue weighted by Crippen LogP contribution is 2.40. The zero-order chi connectivity index (χ0) is 12.7. The van der Waals surface area contributed by atoms with E-state index in [1.54, 1.807) is 0 Å². The van der Waals surface area contributed by atoms with Gasteiger partial charge in [0.15, 0.2) is 0 Å². The molecule has 1 aliphatic carbocycles. The SMILES string of the molecule is CC1(C)C(O)CC1NS(=O)(=O)N1CCOCC1. The maximum Gasteiger partial charge on any atom is 0.279 e. The first-order valence-corrected chi connectivity index (χ1v) is 7.31. The molecule has 1 saturated carbocycles. The first-order valence-electron chi connectivity index (χ1n) is 5.87. The lowest BCUT2D eigenvalue weighted by atomic mass is 9.65. The summed E-state index contributed by atoms with van der Waals surface area (Å²) in [6.07, 6.45) is 0.0521. The standard InChI is InChI=1S/C10H20N2O4S/c1-10(2)8(7-9(10)13)11-17(14,15)12-3-5-16-6-4-12/h8-9,11,13H,3-7H2,1-2H3. The zero-order valence-electron chi connectivity index (χ0n) is 10.2. The van der Waals surface area contributed by atoms with Crippen molar-refractivity contribution in [1.29, 1.82) is 0 Å². The van der Waals surface area contributed by atoms with Crippen LogP contribution in [0.15, 0.2) is 0 Å². The van der Waals surface area contributed by atoms with E-state index in [1.807, 2.05) is 13.8 Å². The first kappa shape index (κ1) is 13.2. The highest BCUT2D eigenvalue weighted by Gasteiger charge is 2.49. The van der Waals surface area contributed by atoms with E-state index in [0.29, 0.717) is 32.7 Å². The maximum absolute atomic E-state index is 12.1. The van der Waals surface area contributed by atoms with Crippen LogP contribution in [-0.2, 0) is 14.9 Å². The van der Waals surface area contributed by atoms with Gasteiger partial charge in [0.05, 0.1) is 19.3 Å². The minimum atomic E-state index is -3.45. The average Bonchev–Trinajstić information content (AvgIpc) is 2.30. The van der Waals surface area contributed by atoms with Crippen LogP contribution in [0, 0.1) is 5.41 Å². The lowest BCUT2D eigenvalue weighted by Gasteiger charge is -2.49. The summed E-state index contributed by atoms with van der Waals surface area (Å²) in [6.45, 7) is 5.41. The molecule has 0 amide bonds. The van der Waals surface area contributed by atoms with Gasteiger partial charge in [0.2, 0.25) is 0 Å². The molecular formula is C10H20N2O4S. The number of aliphatic hydroxyl groups is 1. The third-order valence-corrected chi connectivity index (χ3v) is 5.44. The molecule has 100 valence electrons. The zero-order valence-corrected chi connectivity index (χ0v) is 11.0. The lowest BCUT2D eigenvalue weighted by molar-refractivity contribution is -0.0651. The Bertz CT molecular complexity index is 376. The monoisotopic (exact) mass is 264 g/mol. The quantitative estimate of drug-likeness (QED) is 0.707. The minimum absolute atomic E-state index is 0.189. The second-order valence-corrected chi connectivity index (χ2v) is 6.96. The van der Waals surface area contributed by atoms with E-state index in [4.69, 9.17) is 4.74 Å². The van der Waals surface area contributed by atoms with Gasteiger partial charge in [0.25, 0.3) is 10.2 Å². The van der Waals surface area contributed by atoms with Crippen LogP contribution in [-0.4, -0.2) is 56.3 Å². The topological polar surface area (TPSA) is 78.9 Å². The Balaban J connectivity index is 1.98. The molecule has 0 aromatic rings. The smallest absolute Gasteiger partial charge is 0.279 e. The molecule has 1 aliphatic heterocycles. The number of nitrogens with zero attached hydrogens (tertiary/aromatic N) is 1. The van der Waals surface area contributed by atoms with Gasteiger partial charge in [-0.05, 0) is 6.42 Å². The fourth-order valence-corrected chi connectivity index (χ4v) is 3.68. The van der Waals surface area contributed by atoms with E-state index in [0.717, 1.165) is 0 Å². The lowest BCUT2D eigenvalue weighted by Crippen LogP contribution is -2.63. The molecule has 0 spiro atoms. The number of ether oxygens (including phenoxy) is 1. The Morgan fingerprint density at radius 1 is 1.35 bits per heavy atom. The molecule has 6 nitrogen and oxygen atoms in total. The summed E-state index contributed by atoms with van der Waals surface area (Å²) < 4.78 is 33.3. The molecule has 2 fully saturated rings. The minimum Gasteiger partial charge on any atom is -0.392 e. The van der Waals surface area contributed by atoms with Crippen LogP contribution >= 0.6 is 0 Å². The van der Waals surface area contributed by atoms with Crippen molar-refractivity contribution in [2.24, 2.45) is 5.41 Å². The van der Waals surface area contributed by atoms with Crippen LogP contribution in [0.4, 0.5) is 0 Å². The van der Waals surface area contributed by atoms with E-state index in [9.17, 15) is 13.5 Å². The number of rotatable bonds is 3. The summed E-state index contributed by atoms with van der Waals surface area (Å²) in [5.41, 5.74) is -0.390. The first-order chi connectivity index (χ1) is 7.84. The average molecular weight is 264 g/mol. The van der Waals surface area contributed by atoms with Crippen LogP contribution in [0.3, 0.4) is 0 Å². The summed E-state index contributed by atoms with van der Waals surface area (Å²) in [5.74, 6) is 0. The Morgan fingerprint density at radius 3 is 2.41 bits per heavy atom. The molecule has 1 saturated heterocycles. The van der Waals surface area contributed by atoms with Gasteiger partial charge in [-0.15, -0.1) is 0 Å². The number of nitrogens with one attached hydrogen (secondary N) is 1. The second kappa shape index (κ2) is 4.47. The van der Waals surface area contributed by atoms with E-state index in [1.165, 1.54) is 4.31 Å². The van der Waals surface area contributed by atoms with Crippen molar-refractivity contribution in [2.45, 2.75) is 32.4 Å². The molecule has 17 heavy (non-hydrogen) atoms. The summed E-state index contributed by atoms with van der Waals surface area (Å²) in [7, 11) is -3.45. The number of hydrogen-bond acceptors (Lipinski definition) is 4. The third-order valence-electron chi connectivity index (χ3n) is 3.82. The summed E-state index contributed by atoms with van der Waals surface area (Å²) >= 11 is 0. The Hall–Kier alpha value is -0.210. The maximum atomic E-state index is 12.1. The molecule has 0 aromatic carbocycles. The normalized spacial score (nSPS) is 34.3. The fourth-order valence-electron chi connectivity index (χ4n) is 2.14. The molecular weight excluding hydrogens is 244 g/mol. The van der Waals surface area contributed by atoms with Crippen molar-refractivity contribution < 1.29 is 18.3 Å². The van der Waals surface area contributed by atoms with Crippen molar-refractivity contribution in [3.05, 3.63) is 0 Å². The van der Waals surface area contributed by atoms with Gasteiger partial charge < -0.3 is 9.84 Å². The molecule has 2 aliphatic rings. The van der Waals surface area contributed by atoms with Gasteiger partial charge in [0, 0.05) is 24.5 Å². The van der Waals surface area contributed by atoms with Gasteiger partial charge in [-0.1, -0.05) is 13.8 Å². The predicted molar refractivity (Wildman–Crippen MR) is 62.6 cm³/mol. The van der Waals surface area contributed by atoms with Crippen LogP contribution in [0.5, 0.6) is 0 Å². The largest absolute Gasteiger partial charge is 0.392 e. The molecule has 0 aromatic heterocycles. The van der Waals surface area contributed by atoms with E-state index >= 15 is 0 Å². The Kier molecular flexibility index (Phi) is 3.48. The van der Waals surface area contributed by atoms with Crippen LogP contribution < -0.4 is 4.72 Å². The van der Waals surface area contributed by atoms with E-state index in [-0.39, 0.29) is 11.5 Å². The van der Waals surface area contributed by atoms with Crippen molar-refractivity contribution in [1.82, 2.24) is 9.03 Å². The van der Waals surface area contributed by atoms with Gasteiger partial charge in [-0.2, -0.15) is 17.4 Å². The summed E-state index contributed by atoms with van der Waals surface area (Å²) in [4.78, 5) is 0. The Morgan fingerprint density at radius 2 is 1.94 bits per heavy atom. The third kappa shape index (κ3) is 2.48. The van der Waals surface area contributed by atoms with Gasteiger partial charge in [-0.3, -0.25) is 0 Å². The highest BCUT2D eigenvalue weighted by atomic mass is 32.2. The highest BCUT2D eigenvalue weighted by molar-refractivity contribution is 7.87. The predicted octanol–water partition coefficient (Wildman–Crippen LogP) is -0.688. The molecule has 1 heterocycles. The van der Waals surface area contributed by atoms with E-state index in [2.05, 4.69) is 4.72 Å². The molecule has 2 atom stereocenters. The molecule has 0 radical (unpaired) electrons. The van der Waals surface area contributed by atoms with Crippen molar-refractivity contribution >= 4 is 10.2 Å². The van der Waals surface area contributed by atoms with Crippen molar-refractivity contribution in [3.8, 4) is 0 Å².